The van der Waals surface area contributed by atoms with Crippen LogP contribution in [-0.2, 0) is 29.6 Å². The van der Waals surface area contributed by atoms with Crippen LogP contribution in [0, 0.1) is 16.0 Å². The van der Waals surface area contributed by atoms with Gasteiger partial charge in [-0.3, -0.25) is 9.78 Å². The second-order valence-corrected chi connectivity index (χ2v) is 11.9. The first-order chi connectivity index (χ1) is 19.4. The first-order valence-electron chi connectivity index (χ1n) is 12.4. The van der Waals surface area contributed by atoms with E-state index in [1.807, 2.05) is 0 Å². The minimum atomic E-state index is -4.69. The summed E-state index contributed by atoms with van der Waals surface area (Å²) in [5, 5.41) is 12.3. The molecule has 41 heavy (non-hydrogen) atoms. The summed E-state index contributed by atoms with van der Waals surface area (Å²) in [7, 11) is -2.18. The van der Waals surface area contributed by atoms with Crippen molar-refractivity contribution in [2.45, 2.75) is 24.0 Å². The van der Waals surface area contributed by atoms with Crippen LogP contribution in [0.15, 0.2) is 65.6 Å². The fourth-order valence-corrected chi connectivity index (χ4v) is 6.82. The molecule has 1 N–H and O–H groups in total. The molecular formula is C26H22F4N8O2S. The number of carbonyl (C=O) groups excluding carboxylic acids is 1. The largest absolute Gasteiger partial charge is 0.416 e. The van der Waals surface area contributed by atoms with Crippen molar-refractivity contribution in [2.75, 3.05) is 13.1 Å². The number of hydrogen-bond acceptors (Lipinski definition) is 7. The number of fused-ring (bicyclic) bond motifs is 2. The van der Waals surface area contributed by atoms with Gasteiger partial charge in [-0.15, -0.1) is 5.10 Å². The molecule has 15 heteroatoms. The van der Waals surface area contributed by atoms with Crippen LogP contribution in [0.2, 0.25) is 0 Å². The Morgan fingerprint density at radius 2 is 1.88 bits per heavy atom. The molecule has 1 aliphatic heterocycles. The van der Waals surface area contributed by atoms with Crippen LogP contribution >= 0.6 is 0 Å². The van der Waals surface area contributed by atoms with Crippen LogP contribution < -0.4 is 0 Å². The van der Waals surface area contributed by atoms with Gasteiger partial charge in [-0.05, 0) is 60.9 Å². The molecule has 212 valence electrons. The van der Waals surface area contributed by atoms with Crippen molar-refractivity contribution in [1.82, 2.24) is 34.1 Å². The third-order valence-corrected chi connectivity index (χ3v) is 9.23. The number of hydrogen-bond donors (Lipinski definition) is 1. The summed E-state index contributed by atoms with van der Waals surface area (Å²) >= 11 is 0. The van der Waals surface area contributed by atoms with E-state index in [0.717, 1.165) is 12.3 Å². The second kappa shape index (κ2) is 9.41. The van der Waals surface area contributed by atoms with Crippen molar-refractivity contribution in [2.24, 2.45) is 12.5 Å². The standard InChI is InChI=1S/C26H22F4N8O2S/c1-36-33-14-23(35-36)41(31,40)37-9-7-17-11-22-16(13-34-38(22)20-4-2-19(27)3-5-20)12-25(17,15-37)24(39)21-10-18(6-8-32-21)26(28,29)30/h2-6,8,10-11,13-14,31H,7,9,12,15H2,1H3/t25-,41?/m0/s1. The highest BCUT2D eigenvalue weighted by Crippen LogP contribution is 2.47. The van der Waals surface area contributed by atoms with Gasteiger partial charge in [0, 0.05) is 26.3 Å². The molecule has 1 fully saturated rings. The summed E-state index contributed by atoms with van der Waals surface area (Å²) in [6.07, 6.45) is 0.962. The van der Waals surface area contributed by atoms with E-state index >= 15 is 0 Å². The van der Waals surface area contributed by atoms with E-state index in [2.05, 4.69) is 20.3 Å². The molecule has 4 aromatic rings. The number of pyridine rings is 1. The van der Waals surface area contributed by atoms with E-state index in [9.17, 15) is 26.6 Å². The Balaban J connectivity index is 1.47. The van der Waals surface area contributed by atoms with Crippen molar-refractivity contribution in [1.29, 1.82) is 4.78 Å². The van der Waals surface area contributed by atoms with Gasteiger partial charge in [0.25, 0.3) is 0 Å². The maximum Gasteiger partial charge on any atom is 0.416 e. The quantitative estimate of drug-likeness (QED) is 0.278. The zero-order valence-electron chi connectivity index (χ0n) is 21.5. The average molecular weight is 587 g/mol. The van der Waals surface area contributed by atoms with Gasteiger partial charge in [-0.2, -0.15) is 28.2 Å². The molecule has 10 nitrogen and oxygen atoms in total. The minimum Gasteiger partial charge on any atom is -0.291 e. The molecule has 3 aromatic heterocycles. The van der Waals surface area contributed by atoms with Gasteiger partial charge in [-0.1, -0.05) is 5.57 Å². The summed E-state index contributed by atoms with van der Waals surface area (Å²) in [4.78, 5) is 19.4. The normalized spacial score (nSPS) is 20.6. The number of aryl methyl sites for hydroxylation is 1. The third kappa shape index (κ3) is 4.54. The summed E-state index contributed by atoms with van der Waals surface area (Å²) in [5.74, 6) is -1.10. The maximum atomic E-state index is 14.2. The van der Waals surface area contributed by atoms with Gasteiger partial charge >= 0.3 is 6.18 Å². The van der Waals surface area contributed by atoms with Crippen LogP contribution in [0.3, 0.4) is 0 Å². The summed E-state index contributed by atoms with van der Waals surface area (Å²) in [5.41, 5.74) is -0.476. The molecule has 0 bridgehead atoms. The Labute approximate surface area is 231 Å². The van der Waals surface area contributed by atoms with E-state index in [-0.39, 0.29) is 31.0 Å². The van der Waals surface area contributed by atoms with Gasteiger partial charge in [0.15, 0.2) is 20.7 Å². The van der Waals surface area contributed by atoms with Gasteiger partial charge < -0.3 is 0 Å². The van der Waals surface area contributed by atoms with Crippen LogP contribution in [-0.4, -0.2) is 57.1 Å². The Morgan fingerprint density at radius 1 is 1.12 bits per heavy atom. The fraction of sp³-hybridized carbons (Fsp3) is 0.269. The minimum absolute atomic E-state index is 0.0125. The van der Waals surface area contributed by atoms with E-state index in [1.165, 1.54) is 34.5 Å². The lowest BCUT2D eigenvalue weighted by molar-refractivity contribution is -0.137. The molecule has 0 spiro atoms. The van der Waals surface area contributed by atoms with Gasteiger partial charge in [-0.25, -0.2) is 22.4 Å². The predicted octanol–water partition coefficient (Wildman–Crippen LogP) is 4.09. The Morgan fingerprint density at radius 3 is 2.56 bits per heavy atom. The number of ketones is 1. The van der Waals surface area contributed by atoms with Crippen LogP contribution in [0.1, 0.15) is 33.7 Å². The lowest BCUT2D eigenvalue weighted by Crippen LogP contribution is -2.53. The van der Waals surface area contributed by atoms with Crippen molar-refractivity contribution in [3.8, 4) is 5.69 Å². The average Bonchev–Trinajstić information content (AvgIpc) is 3.57. The molecule has 2 atom stereocenters. The lowest BCUT2D eigenvalue weighted by Gasteiger charge is -2.45. The molecule has 4 heterocycles. The monoisotopic (exact) mass is 586 g/mol. The van der Waals surface area contributed by atoms with E-state index in [4.69, 9.17) is 4.78 Å². The lowest BCUT2D eigenvalue weighted by atomic mass is 9.65. The van der Waals surface area contributed by atoms with Crippen LogP contribution in [0.5, 0.6) is 0 Å². The molecule has 1 unspecified atom stereocenters. The molecule has 1 saturated heterocycles. The molecule has 1 aromatic carbocycles. The maximum absolute atomic E-state index is 14.2. The summed E-state index contributed by atoms with van der Waals surface area (Å²) in [6.45, 7) is -0.106. The Hall–Kier alpha value is -4.24. The van der Waals surface area contributed by atoms with E-state index in [1.54, 1.807) is 29.1 Å². The topological polar surface area (TPSA) is 123 Å². The smallest absolute Gasteiger partial charge is 0.291 e. The van der Waals surface area contributed by atoms with Crippen LogP contribution in [0.4, 0.5) is 17.6 Å². The Kier molecular flexibility index (Phi) is 6.19. The van der Waals surface area contributed by atoms with Crippen molar-refractivity contribution >= 4 is 21.8 Å². The number of nitrogens with zero attached hydrogens (tertiary/aromatic N) is 7. The molecule has 2 aliphatic rings. The number of benzene rings is 1. The molecule has 6 rings (SSSR count). The number of Topliss-reactive ketones (excluding diaryl/α,β-unsaturated/α-hetero) is 1. The number of alkyl halides is 3. The van der Waals surface area contributed by atoms with Crippen molar-refractivity contribution in [3.05, 3.63) is 88.9 Å². The summed E-state index contributed by atoms with van der Waals surface area (Å²) < 4.78 is 79.5. The number of aromatic nitrogens is 6. The number of rotatable bonds is 5. The molecule has 1 aliphatic carbocycles. The van der Waals surface area contributed by atoms with E-state index in [0.29, 0.717) is 28.6 Å². The zero-order valence-corrected chi connectivity index (χ0v) is 22.3. The Bertz CT molecular complexity index is 1810. The molecule has 0 radical (unpaired) electrons. The number of nitrogens with one attached hydrogen (secondary N) is 1. The van der Waals surface area contributed by atoms with Gasteiger partial charge in [0.2, 0.25) is 0 Å². The fourth-order valence-electron chi connectivity index (χ4n) is 5.39. The molecular weight excluding hydrogens is 564 g/mol. The number of halogens is 4. The number of piperidine rings is 1. The second-order valence-electron chi connectivity index (χ2n) is 9.94. The molecule has 0 amide bonds. The van der Waals surface area contributed by atoms with Gasteiger partial charge in [0.1, 0.15) is 11.5 Å². The summed E-state index contributed by atoms with van der Waals surface area (Å²) in [6, 6.07) is 7.20. The number of carbonyl (C=O) groups is 1. The van der Waals surface area contributed by atoms with Crippen molar-refractivity contribution < 1.29 is 26.6 Å². The van der Waals surface area contributed by atoms with Gasteiger partial charge in [0.05, 0.1) is 34.8 Å². The third-order valence-electron chi connectivity index (χ3n) is 7.43. The highest BCUT2D eigenvalue weighted by atomic mass is 32.2. The highest BCUT2D eigenvalue weighted by molar-refractivity contribution is 7.90. The first-order valence-corrected chi connectivity index (χ1v) is 13.9. The first kappa shape index (κ1) is 27.0. The SMILES string of the molecule is Cn1ncc(S(=N)(=O)N2CCC3=Cc4c(cnn4-c4ccc(F)cc4)C[C@]3(C(=O)c3cc(C(F)(F)F)ccn3)C2)n1. The molecule has 0 saturated carbocycles. The zero-order chi connectivity index (χ0) is 29.2. The predicted molar refractivity (Wildman–Crippen MR) is 138 cm³/mol. The van der Waals surface area contributed by atoms with E-state index < -0.39 is 44.4 Å². The van der Waals surface area contributed by atoms with Crippen LogP contribution in [0.25, 0.3) is 11.8 Å². The van der Waals surface area contributed by atoms with Crippen molar-refractivity contribution in [3.63, 3.8) is 0 Å². The highest BCUT2D eigenvalue weighted by Gasteiger charge is 2.51.